The van der Waals surface area contributed by atoms with Crippen LogP contribution in [0, 0.1) is 6.92 Å². The molecule has 7 heteroatoms. The van der Waals surface area contributed by atoms with E-state index in [1.165, 1.54) is 5.82 Å². The first-order valence-electron chi connectivity index (χ1n) is 5.85. The van der Waals surface area contributed by atoms with Crippen molar-refractivity contribution in [3.05, 3.63) is 18.2 Å². The number of likely N-dealkylation sites (N-methyl/N-ethyl adjacent to an activating group) is 2. The van der Waals surface area contributed by atoms with Crippen LogP contribution in [0.4, 0.5) is 0 Å². The smallest absolute Gasteiger partial charge is 0.253 e. The Hall–Kier alpha value is 0.570. The minimum absolute atomic E-state index is 0. The van der Waals surface area contributed by atoms with Crippen LogP contribution in [0.15, 0.2) is 12.4 Å². The fraction of sp³-hybridized carbons (Fsp3) is 0.750. The summed E-state index contributed by atoms with van der Waals surface area (Å²) < 4.78 is 4.63. The second-order valence-corrected chi connectivity index (χ2v) is 4.84. The van der Waals surface area contributed by atoms with Crippen LogP contribution in [0.1, 0.15) is 5.82 Å². The molecule has 19 heavy (non-hydrogen) atoms. The number of aromatic nitrogens is 2. The molecule has 0 saturated heterocycles. The van der Waals surface area contributed by atoms with Gasteiger partial charge in [0.25, 0.3) is 5.82 Å². The zero-order chi connectivity index (χ0) is 12.1. The minimum Gasteiger partial charge on any atom is -1.00 e. The SMILES string of the molecule is Br.Br.Cc1n(CCN(C)C)cc[n+]1CCN(C)C.[Br-]. The Labute approximate surface area is 149 Å². The topological polar surface area (TPSA) is 15.3 Å². The molecule has 4 nitrogen and oxygen atoms in total. The number of hydrogen-bond acceptors (Lipinski definition) is 2. The summed E-state index contributed by atoms with van der Waals surface area (Å²) in [5, 5.41) is 0. The van der Waals surface area contributed by atoms with Crippen molar-refractivity contribution in [3.8, 4) is 0 Å². The number of hydrogen-bond donors (Lipinski definition) is 0. The van der Waals surface area contributed by atoms with E-state index < -0.39 is 0 Å². The maximum Gasteiger partial charge on any atom is 0.253 e. The third-order valence-electron chi connectivity index (χ3n) is 2.83. The maximum absolute atomic E-state index is 2.32. The maximum atomic E-state index is 2.32. The van der Waals surface area contributed by atoms with E-state index in [1.54, 1.807) is 0 Å². The van der Waals surface area contributed by atoms with Crippen molar-refractivity contribution in [1.82, 2.24) is 14.4 Å². The predicted octanol–water partition coefficient (Wildman–Crippen LogP) is -1.63. The monoisotopic (exact) mass is 464 g/mol. The summed E-state index contributed by atoms with van der Waals surface area (Å²) in [5.74, 6) is 1.34. The summed E-state index contributed by atoms with van der Waals surface area (Å²) >= 11 is 0. The van der Waals surface area contributed by atoms with Crippen LogP contribution in [0.25, 0.3) is 0 Å². The molecule has 0 amide bonds. The van der Waals surface area contributed by atoms with Crippen molar-refractivity contribution in [1.29, 1.82) is 0 Å². The Balaban J connectivity index is -0.000000853. The summed E-state index contributed by atoms with van der Waals surface area (Å²) in [6.07, 6.45) is 4.35. The lowest BCUT2D eigenvalue weighted by molar-refractivity contribution is -0.701. The number of imidazole rings is 1. The van der Waals surface area contributed by atoms with Crippen molar-refractivity contribution in [2.24, 2.45) is 0 Å². The molecule has 116 valence electrons. The molecular weight excluding hydrogens is 440 g/mol. The van der Waals surface area contributed by atoms with Crippen molar-refractivity contribution in [2.75, 3.05) is 41.3 Å². The Morgan fingerprint density at radius 1 is 1.05 bits per heavy atom. The third kappa shape index (κ3) is 9.18. The van der Waals surface area contributed by atoms with Crippen molar-refractivity contribution in [3.63, 3.8) is 0 Å². The van der Waals surface area contributed by atoms with E-state index in [-0.39, 0.29) is 50.9 Å². The molecule has 0 radical (unpaired) electrons. The molecule has 0 atom stereocenters. The first kappa shape index (κ1) is 24.6. The Morgan fingerprint density at radius 3 is 2.05 bits per heavy atom. The van der Waals surface area contributed by atoms with Crippen molar-refractivity contribution >= 4 is 34.0 Å². The van der Waals surface area contributed by atoms with Gasteiger partial charge < -0.3 is 26.8 Å². The van der Waals surface area contributed by atoms with Gasteiger partial charge >= 0.3 is 0 Å². The average molecular weight is 467 g/mol. The van der Waals surface area contributed by atoms with E-state index in [1.807, 2.05) is 0 Å². The lowest BCUT2D eigenvalue weighted by atomic mass is 10.5. The Bertz CT molecular complexity index is 297. The van der Waals surface area contributed by atoms with Gasteiger partial charge in [0.05, 0.1) is 0 Å². The fourth-order valence-corrected chi connectivity index (χ4v) is 1.63. The molecule has 0 aliphatic rings. The van der Waals surface area contributed by atoms with E-state index in [9.17, 15) is 0 Å². The average Bonchev–Trinajstić information content (AvgIpc) is 2.53. The summed E-state index contributed by atoms with van der Waals surface area (Å²) in [7, 11) is 8.44. The van der Waals surface area contributed by atoms with E-state index >= 15 is 0 Å². The van der Waals surface area contributed by atoms with Gasteiger partial charge in [-0.3, -0.25) is 0 Å². The summed E-state index contributed by atoms with van der Waals surface area (Å²) in [6, 6.07) is 0. The van der Waals surface area contributed by atoms with Gasteiger partial charge in [0.15, 0.2) is 0 Å². The minimum atomic E-state index is 0. The zero-order valence-corrected chi connectivity index (χ0v) is 17.5. The summed E-state index contributed by atoms with van der Waals surface area (Å²) in [5.41, 5.74) is 0. The van der Waals surface area contributed by atoms with E-state index in [4.69, 9.17) is 0 Å². The van der Waals surface area contributed by atoms with Crippen LogP contribution >= 0.6 is 34.0 Å². The molecule has 0 spiro atoms. The van der Waals surface area contributed by atoms with Crippen molar-refractivity contribution < 1.29 is 21.5 Å². The largest absolute Gasteiger partial charge is 1.00 e. The second kappa shape index (κ2) is 12.3. The van der Waals surface area contributed by atoms with E-state index in [0.717, 1.165) is 26.2 Å². The molecule has 1 aromatic heterocycles. The van der Waals surface area contributed by atoms with Gasteiger partial charge in [0.1, 0.15) is 25.5 Å². The predicted molar refractivity (Wildman–Crippen MR) is 87.1 cm³/mol. The first-order chi connectivity index (χ1) is 7.50. The van der Waals surface area contributed by atoms with Crippen LogP contribution in [0.5, 0.6) is 0 Å². The molecule has 0 aliphatic carbocycles. The molecule has 1 aromatic rings. The highest BCUT2D eigenvalue weighted by atomic mass is 79.9. The second-order valence-electron chi connectivity index (χ2n) is 4.84. The normalized spacial score (nSPS) is 9.84. The highest BCUT2D eigenvalue weighted by Gasteiger charge is 2.11. The third-order valence-corrected chi connectivity index (χ3v) is 2.83. The molecule has 0 fully saturated rings. The molecule has 0 unspecified atom stereocenters. The van der Waals surface area contributed by atoms with Gasteiger partial charge in [0, 0.05) is 20.0 Å². The molecule has 0 saturated carbocycles. The van der Waals surface area contributed by atoms with Crippen molar-refractivity contribution in [2.45, 2.75) is 20.0 Å². The molecule has 0 N–H and O–H groups in total. The molecule has 0 aliphatic heterocycles. The fourth-order valence-electron chi connectivity index (χ4n) is 1.63. The van der Waals surface area contributed by atoms with Gasteiger partial charge in [-0.05, 0) is 28.2 Å². The van der Waals surface area contributed by atoms with Gasteiger partial charge in [0.2, 0.25) is 0 Å². The summed E-state index contributed by atoms with van der Waals surface area (Å²) in [6.45, 7) is 6.49. The molecular formula is C12H27Br3N4. The van der Waals surface area contributed by atoms with Gasteiger partial charge in [-0.15, -0.1) is 34.0 Å². The molecule has 0 bridgehead atoms. The molecule has 0 aromatic carbocycles. The van der Waals surface area contributed by atoms with Crippen LogP contribution in [-0.4, -0.2) is 55.6 Å². The highest BCUT2D eigenvalue weighted by molar-refractivity contribution is 8.93. The number of halogens is 3. The van der Waals surface area contributed by atoms with Gasteiger partial charge in [-0.2, -0.15) is 0 Å². The first-order valence-corrected chi connectivity index (χ1v) is 5.85. The van der Waals surface area contributed by atoms with Gasteiger partial charge in [-0.1, -0.05) is 0 Å². The Morgan fingerprint density at radius 2 is 1.58 bits per heavy atom. The van der Waals surface area contributed by atoms with Crippen LogP contribution in [-0.2, 0) is 13.1 Å². The lowest BCUT2D eigenvalue weighted by Gasteiger charge is -2.09. The van der Waals surface area contributed by atoms with Crippen LogP contribution < -0.4 is 21.5 Å². The molecule has 1 heterocycles. The van der Waals surface area contributed by atoms with Gasteiger partial charge in [-0.25, -0.2) is 9.13 Å². The Kier molecular flexibility index (Phi) is 15.9. The standard InChI is InChI=1S/C12H25N4.3BrH/c1-12-15(8-6-13(2)3)10-11-16(12)9-7-14(4)5;;;/h10-11H,6-9H2,1-5H3;3*1H/q+1;;;/p-1. The lowest BCUT2D eigenvalue weighted by Crippen LogP contribution is -3.00. The zero-order valence-electron chi connectivity index (χ0n) is 12.5. The number of rotatable bonds is 6. The summed E-state index contributed by atoms with van der Waals surface area (Å²) in [4.78, 5) is 4.42. The quantitative estimate of drug-likeness (QED) is 0.468. The van der Waals surface area contributed by atoms with Crippen LogP contribution in [0.2, 0.25) is 0 Å². The highest BCUT2D eigenvalue weighted by Crippen LogP contribution is 1.94. The van der Waals surface area contributed by atoms with E-state index in [2.05, 4.69) is 66.4 Å². The van der Waals surface area contributed by atoms with Crippen LogP contribution in [0.3, 0.4) is 0 Å². The van der Waals surface area contributed by atoms with E-state index in [0.29, 0.717) is 0 Å². The number of nitrogens with zero attached hydrogens (tertiary/aromatic N) is 4. The molecule has 1 rings (SSSR count).